The number of hydrogen-bond acceptors (Lipinski definition) is 4. The van der Waals surface area contributed by atoms with Crippen molar-refractivity contribution in [1.82, 2.24) is 10.6 Å². The zero-order chi connectivity index (χ0) is 20.7. The average molecular weight is 382 g/mol. The molecule has 1 unspecified atom stereocenters. The van der Waals surface area contributed by atoms with Crippen molar-refractivity contribution < 1.29 is 19.1 Å². The predicted octanol–water partition coefficient (Wildman–Crippen LogP) is 2.85. The van der Waals surface area contributed by atoms with E-state index in [4.69, 9.17) is 0 Å². The lowest BCUT2D eigenvalue weighted by Gasteiger charge is -2.22. The topological polar surface area (TPSA) is 84.5 Å². The zero-order valence-electron chi connectivity index (χ0n) is 16.6. The first-order chi connectivity index (χ1) is 13.3. The van der Waals surface area contributed by atoms with E-state index in [2.05, 4.69) is 15.4 Å². The minimum atomic E-state index is -0.651. The molecule has 2 aromatic carbocycles. The molecule has 0 aliphatic rings. The number of benzene rings is 2. The van der Waals surface area contributed by atoms with E-state index in [1.54, 1.807) is 36.4 Å². The Balaban J connectivity index is 2.00. The molecule has 0 saturated heterocycles. The van der Waals surface area contributed by atoms with Crippen molar-refractivity contribution in [3.8, 4) is 0 Å². The first-order valence-electron chi connectivity index (χ1n) is 9.15. The lowest BCUT2D eigenvalue weighted by Crippen LogP contribution is -2.49. The van der Waals surface area contributed by atoms with Crippen LogP contribution in [0.3, 0.4) is 0 Å². The quantitative estimate of drug-likeness (QED) is 0.721. The summed E-state index contributed by atoms with van der Waals surface area (Å²) in [4.78, 5) is 36.7. The summed E-state index contributed by atoms with van der Waals surface area (Å²) in [7, 11) is 1.33. The molecule has 2 aromatic rings. The number of carbonyl (C=O) groups is 3. The van der Waals surface area contributed by atoms with E-state index in [9.17, 15) is 14.4 Å². The van der Waals surface area contributed by atoms with Crippen LogP contribution in [0.4, 0.5) is 0 Å². The van der Waals surface area contributed by atoms with Crippen molar-refractivity contribution in [2.75, 3.05) is 7.11 Å². The van der Waals surface area contributed by atoms with Crippen molar-refractivity contribution in [1.29, 1.82) is 0 Å². The maximum absolute atomic E-state index is 12.6. The summed E-state index contributed by atoms with van der Waals surface area (Å²) in [5, 5.41) is 5.67. The number of aryl methyl sites for hydroxylation is 1. The predicted molar refractivity (Wildman–Crippen MR) is 107 cm³/mol. The number of rotatable bonds is 7. The SMILES string of the molecule is COC(=O)c1ccc(CNC(=O)C(NC(=O)c2ccccc2C)C(C)C)cc1. The fraction of sp³-hybridized carbons (Fsp3) is 0.318. The molecule has 0 fully saturated rings. The highest BCUT2D eigenvalue weighted by molar-refractivity contribution is 5.98. The summed E-state index contributed by atoms with van der Waals surface area (Å²) < 4.78 is 4.67. The summed E-state index contributed by atoms with van der Waals surface area (Å²) in [6.07, 6.45) is 0. The van der Waals surface area contributed by atoms with Crippen molar-refractivity contribution in [3.05, 3.63) is 70.8 Å². The van der Waals surface area contributed by atoms with E-state index < -0.39 is 12.0 Å². The molecule has 2 rings (SSSR count). The molecule has 6 nitrogen and oxygen atoms in total. The van der Waals surface area contributed by atoms with Crippen LogP contribution >= 0.6 is 0 Å². The normalized spacial score (nSPS) is 11.6. The van der Waals surface area contributed by atoms with E-state index in [0.717, 1.165) is 11.1 Å². The molecule has 6 heteroatoms. The van der Waals surface area contributed by atoms with Crippen LogP contribution in [0.5, 0.6) is 0 Å². The zero-order valence-corrected chi connectivity index (χ0v) is 16.6. The molecule has 0 bridgehead atoms. The monoisotopic (exact) mass is 382 g/mol. The molecular weight excluding hydrogens is 356 g/mol. The second kappa shape index (κ2) is 9.69. The third-order valence-corrected chi connectivity index (χ3v) is 4.47. The summed E-state index contributed by atoms with van der Waals surface area (Å²) in [6, 6.07) is 13.4. The number of nitrogens with one attached hydrogen (secondary N) is 2. The van der Waals surface area contributed by atoms with Crippen LogP contribution in [0.15, 0.2) is 48.5 Å². The van der Waals surface area contributed by atoms with E-state index in [1.165, 1.54) is 7.11 Å². The third kappa shape index (κ3) is 5.42. The average Bonchev–Trinajstić information content (AvgIpc) is 2.69. The second-order valence-electron chi connectivity index (χ2n) is 6.92. The molecule has 0 aliphatic heterocycles. The number of amides is 2. The Kier molecular flexibility index (Phi) is 7.32. The Morgan fingerprint density at radius 3 is 2.21 bits per heavy atom. The van der Waals surface area contributed by atoms with Crippen molar-refractivity contribution in [2.45, 2.75) is 33.4 Å². The molecule has 1 atom stereocenters. The molecule has 0 heterocycles. The summed E-state index contributed by atoms with van der Waals surface area (Å²) in [5.41, 5.74) is 2.70. The smallest absolute Gasteiger partial charge is 0.337 e. The summed E-state index contributed by atoms with van der Waals surface area (Å²) in [6.45, 7) is 5.92. The van der Waals surface area contributed by atoms with E-state index in [0.29, 0.717) is 17.7 Å². The molecule has 0 spiro atoms. The maximum atomic E-state index is 12.6. The fourth-order valence-corrected chi connectivity index (χ4v) is 2.76. The van der Waals surface area contributed by atoms with Gasteiger partial charge in [-0.05, 0) is 42.2 Å². The minimum Gasteiger partial charge on any atom is -0.465 e. The number of hydrogen-bond donors (Lipinski definition) is 2. The van der Waals surface area contributed by atoms with Gasteiger partial charge in [-0.25, -0.2) is 4.79 Å². The highest BCUT2D eigenvalue weighted by Crippen LogP contribution is 2.10. The van der Waals surface area contributed by atoms with Crippen LogP contribution in [0.1, 0.15) is 45.7 Å². The van der Waals surface area contributed by atoms with Gasteiger partial charge in [-0.3, -0.25) is 9.59 Å². The van der Waals surface area contributed by atoms with Gasteiger partial charge in [0.05, 0.1) is 12.7 Å². The molecule has 0 radical (unpaired) electrons. The van der Waals surface area contributed by atoms with Crippen LogP contribution < -0.4 is 10.6 Å². The molecule has 0 saturated carbocycles. The van der Waals surface area contributed by atoms with E-state index >= 15 is 0 Å². The first kappa shape index (κ1) is 21.2. The largest absolute Gasteiger partial charge is 0.465 e. The highest BCUT2D eigenvalue weighted by atomic mass is 16.5. The first-order valence-corrected chi connectivity index (χ1v) is 9.15. The lowest BCUT2D eigenvalue weighted by molar-refractivity contribution is -0.124. The van der Waals surface area contributed by atoms with Gasteiger partial charge in [0.2, 0.25) is 5.91 Å². The summed E-state index contributed by atoms with van der Waals surface area (Å²) in [5.74, 6) is -1.01. The van der Waals surface area contributed by atoms with Crippen LogP contribution in [0.25, 0.3) is 0 Å². The molecule has 0 aliphatic carbocycles. The van der Waals surface area contributed by atoms with Crippen LogP contribution in [-0.4, -0.2) is 30.9 Å². The molecule has 148 valence electrons. The van der Waals surface area contributed by atoms with E-state index in [-0.39, 0.29) is 17.7 Å². The number of methoxy groups -OCH3 is 1. The maximum Gasteiger partial charge on any atom is 0.337 e. The van der Waals surface area contributed by atoms with Gasteiger partial charge in [0.1, 0.15) is 6.04 Å². The van der Waals surface area contributed by atoms with Crippen LogP contribution in [0, 0.1) is 12.8 Å². The fourth-order valence-electron chi connectivity index (χ4n) is 2.76. The van der Waals surface area contributed by atoms with Gasteiger partial charge >= 0.3 is 5.97 Å². The van der Waals surface area contributed by atoms with Crippen molar-refractivity contribution in [2.24, 2.45) is 5.92 Å². The van der Waals surface area contributed by atoms with Gasteiger partial charge in [-0.2, -0.15) is 0 Å². The standard InChI is InChI=1S/C22H26N2O4/c1-14(2)19(24-20(25)18-8-6-5-7-15(18)3)21(26)23-13-16-9-11-17(12-10-16)22(27)28-4/h5-12,14,19H,13H2,1-4H3,(H,23,26)(H,24,25). The molecule has 2 amide bonds. The Labute approximate surface area is 165 Å². The van der Waals surface area contributed by atoms with Crippen molar-refractivity contribution in [3.63, 3.8) is 0 Å². The van der Waals surface area contributed by atoms with Gasteiger partial charge in [0.15, 0.2) is 0 Å². The lowest BCUT2D eigenvalue weighted by atomic mass is 10.0. The number of carbonyl (C=O) groups excluding carboxylic acids is 3. The van der Waals surface area contributed by atoms with Gasteiger partial charge in [0, 0.05) is 12.1 Å². The molecule has 28 heavy (non-hydrogen) atoms. The Morgan fingerprint density at radius 2 is 1.64 bits per heavy atom. The van der Waals surface area contributed by atoms with Gasteiger partial charge in [-0.1, -0.05) is 44.2 Å². The highest BCUT2D eigenvalue weighted by Gasteiger charge is 2.25. The third-order valence-electron chi connectivity index (χ3n) is 4.47. The summed E-state index contributed by atoms with van der Waals surface area (Å²) >= 11 is 0. The number of esters is 1. The van der Waals surface area contributed by atoms with Crippen LogP contribution in [0.2, 0.25) is 0 Å². The molecule has 2 N–H and O–H groups in total. The van der Waals surface area contributed by atoms with E-state index in [1.807, 2.05) is 32.9 Å². The Hall–Kier alpha value is -3.15. The van der Waals surface area contributed by atoms with Crippen LogP contribution in [-0.2, 0) is 16.1 Å². The van der Waals surface area contributed by atoms with Gasteiger partial charge in [-0.15, -0.1) is 0 Å². The minimum absolute atomic E-state index is 0.0744. The molecule has 0 aromatic heterocycles. The number of ether oxygens (including phenoxy) is 1. The molecular formula is C22H26N2O4. The van der Waals surface area contributed by atoms with Gasteiger partial charge < -0.3 is 15.4 Å². The second-order valence-corrected chi connectivity index (χ2v) is 6.92. The Bertz CT molecular complexity index is 844. The Morgan fingerprint density at radius 1 is 1.00 bits per heavy atom. The van der Waals surface area contributed by atoms with Gasteiger partial charge in [0.25, 0.3) is 5.91 Å². The van der Waals surface area contributed by atoms with Crippen molar-refractivity contribution >= 4 is 17.8 Å².